The van der Waals surface area contributed by atoms with Crippen LogP contribution in [-0.2, 0) is 20.8 Å². The summed E-state index contributed by atoms with van der Waals surface area (Å²) in [6.07, 6.45) is 1.21. The molecular formula is C22H27NO6. The number of ether oxygens (including phenoxy) is 3. The lowest BCUT2D eigenvalue weighted by molar-refractivity contribution is -0.133. The van der Waals surface area contributed by atoms with Crippen LogP contribution in [0.3, 0.4) is 0 Å². The Kier molecular flexibility index (Phi) is 6.95. The molecule has 29 heavy (non-hydrogen) atoms. The van der Waals surface area contributed by atoms with Gasteiger partial charge in [-0.05, 0) is 30.9 Å². The minimum absolute atomic E-state index is 0.0206. The largest absolute Gasteiger partial charge is 0.426 e. The molecule has 0 unspecified atom stereocenters. The van der Waals surface area contributed by atoms with Gasteiger partial charge in [0.15, 0.2) is 0 Å². The molecule has 156 valence electrons. The van der Waals surface area contributed by atoms with Crippen molar-refractivity contribution in [1.82, 2.24) is 4.98 Å². The van der Waals surface area contributed by atoms with Gasteiger partial charge in [-0.1, -0.05) is 27.2 Å². The van der Waals surface area contributed by atoms with Crippen molar-refractivity contribution in [2.75, 3.05) is 0 Å². The molecule has 1 aromatic carbocycles. The number of carbonyl (C=O) groups excluding carboxylic acids is 3. The standard InChI is InChI=1S/C22H27NO6/c1-8-9-16-21(28-14(6)25)19-12(4)18(27-13(5)24)10-17(11(2)3)20(19)23-22(16)29-15(7)26/h10-11H,8-9H2,1-7H3. The molecule has 0 spiro atoms. The van der Waals surface area contributed by atoms with Crippen LogP contribution >= 0.6 is 0 Å². The van der Waals surface area contributed by atoms with Crippen molar-refractivity contribution in [2.24, 2.45) is 0 Å². The molecule has 0 N–H and O–H groups in total. The third-order valence-corrected chi connectivity index (χ3v) is 4.38. The Bertz CT molecular complexity index is 977. The van der Waals surface area contributed by atoms with Crippen LogP contribution < -0.4 is 14.2 Å². The maximum Gasteiger partial charge on any atom is 0.309 e. The first kappa shape index (κ1) is 22.3. The summed E-state index contributed by atoms with van der Waals surface area (Å²) in [5.74, 6) is -0.652. The molecule has 1 aromatic heterocycles. The van der Waals surface area contributed by atoms with E-state index in [0.29, 0.717) is 34.2 Å². The smallest absolute Gasteiger partial charge is 0.309 e. The van der Waals surface area contributed by atoms with Crippen LogP contribution in [0.15, 0.2) is 6.07 Å². The van der Waals surface area contributed by atoms with Crippen LogP contribution in [0.1, 0.15) is 70.6 Å². The van der Waals surface area contributed by atoms with E-state index in [9.17, 15) is 14.4 Å². The molecule has 0 bridgehead atoms. The highest BCUT2D eigenvalue weighted by atomic mass is 16.6. The molecule has 2 rings (SSSR count). The molecule has 0 aliphatic carbocycles. The molecule has 0 amide bonds. The van der Waals surface area contributed by atoms with Gasteiger partial charge in [-0.2, -0.15) is 0 Å². The van der Waals surface area contributed by atoms with Crippen molar-refractivity contribution in [3.8, 4) is 17.4 Å². The van der Waals surface area contributed by atoms with E-state index < -0.39 is 17.9 Å². The highest BCUT2D eigenvalue weighted by Crippen LogP contribution is 2.43. The Morgan fingerprint density at radius 2 is 1.59 bits per heavy atom. The Hall–Kier alpha value is -2.96. The van der Waals surface area contributed by atoms with E-state index in [0.717, 1.165) is 12.0 Å². The van der Waals surface area contributed by atoms with Gasteiger partial charge in [-0.15, -0.1) is 0 Å². The summed E-state index contributed by atoms with van der Waals surface area (Å²) in [4.78, 5) is 39.8. The normalized spacial score (nSPS) is 10.9. The topological polar surface area (TPSA) is 91.8 Å². The number of esters is 3. The van der Waals surface area contributed by atoms with Crippen LogP contribution in [-0.4, -0.2) is 22.9 Å². The van der Waals surface area contributed by atoms with Gasteiger partial charge >= 0.3 is 17.9 Å². The van der Waals surface area contributed by atoms with E-state index in [1.54, 1.807) is 13.0 Å². The summed E-state index contributed by atoms with van der Waals surface area (Å²) in [7, 11) is 0. The Morgan fingerprint density at radius 1 is 1.00 bits per heavy atom. The van der Waals surface area contributed by atoms with Crippen molar-refractivity contribution in [2.45, 2.75) is 67.2 Å². The van der Waals surface area contributed by atoms with Crippen molar-refractivity contribution in [3.05, 3.63) is 22.8 Å². The summed E-state index contributed by atoms with van der Waals surface area (Å²) in [5, 5.41) is 0.571. The van der Waals surface area contributed by atoms with Crippen molar-refractivity contribution >= 4 is 28.8 Å². The van der Waals surface area contributed by atoms with Gasteiger partial charge in [0.25, 0.3) is 0 Å². The molecule has 7 heteroatoms. The average molecular weight is 401 g/mol. The fourth-order valence-electron chi connectivity index (χ4n) is 3.23. The number of benzene rings is 1. The highest BCUT2D eigenvalue weighted by molar-refractivity contribution is 5.97. The molecule has 2 aromatic rings. The number of aryl methyl sites for hydroxylation is 1. The second kappa shape index (κ2) is 9.03. The lowest BCUT2D eigenvalue weighted by Gasteiger charge is -2.21. The zero-order chi connectivity index (χ0) is 21.9. The van der Waals surface area contributed by atoms with Gasteiger partial charge in [0.05, 0.1) is 16.5 Å². The summed E-state index contributed by atoms with van der Waals surface area (Å²) >= 11 is 0. The highest BCUT2D eigenvalue weighted by Gasteiger charge is 2.25. The molecule has 0 atom stereocenters. The van der Waals surface area contributed by atoms with Gasteiger partial charge < -0.3 is 14.2 Å². The van der Waals surface area contributed by atoms with E-state index in [4.69, 9.17) is 14.2 Å². The summed E-state index contributed by atoms with van der Waals surface area (Å²) < 4.78 is 16.4. The first-order valence-corrected chi connectivity index (χ1v) is 9.62. The van der Waals surface area contributed by atoms with Crippen LogP contribution in [0.25, 0.3) is 10.9 Å². The Morgan fingerprint density at radius 3 is 2.07 bits per heavy atom. The molecule has 7 nitrogen and oxygen atoms in total. The predicted molar refractivity (Wildman–Crippen MR) is 108 cm³/mol. The summed E-state index contributed by atoms with van der Waals surface area (Å²) in [6, 6.07) is 1.76. The number of carbonyl (C=O) groups is 3. The summed E-state index contributed by atoms with van der Waals surface area (Å²) in [5.41, 5.74) is 2.48. The molecule has 0 saturated heterocycles. The number of hydrogen-bond acceptors (Lipinski definition) is 7. The lowest BCUT2D eigenvalue weighted by Crippen LogP contribution is -2.12. The minimum atomic E-state index is -0.512. The number of aromatic nitrogens is 1. The predicted octanol–water partition coefficient (Wildman–Crippen LogP) is 4.40. The number of fused-ring (bicyclic) bond motifs is 1. The molecule has 0 aliphatic rings. The van der Waals surface area contributed by atoms with Crippen LogP contribution in [0.2, 0.25) is 0 Å². The van der Waals surface area contributed by atoms with E-state index >= 15 is 0 Å². The fraction of sp³-hybridized carbons (Fsp3) is 0.455. The fourth-order valence-corrected chi connectivity index (χ4v) is 3.23. The third kappa shape index (κ3) is 4.91. The SMILES string of the molecule is CCCc1c(OC(C)=O)nc2c(C(C)C)cc(OC(C)=O)c(C)c2c1OC(C)=O. The van der Waals surface area contributed by atoms with Gasteiger partial charge in [0.2, 0.25) is 5.88 Å². The number of pyridine rings is 1. The number of hydrogen-bond donors (Lipinski definition) is 0. The van der Waals surface area contributed by atoms with Gasteiger partial charge in [0, 0.05) is 26.3 Å². The molecule has 1 heterocycles. The van der Waals surface area contributed by atoms with E-state index in [1.807, 2.05) is 20.8 Å². The second-order valence-electron chi connectivity index (χ2n) is 7.22. The van der Waals surface area contributed by atoms with Crippen molar-refractivity contribution in [3.63, 3.8) is 0 Å². The van der Waals surface area contributed by atoms with Crippen LogP contribution in [0.4, 0.5) is 0 Å². The molecular weight excluding hydrogens is 374 g/mol. The average Bonchev–Trinajstić information content (AvgIpc) is 2.58. The Balaban J connectivity index is 3.05. The lowest BCUT2D eigenvalue weighted by atomic mass is 9.94. The van der Waals surface area contributed by atoms with Crippen LogP contribution in [0, 0.1) is 6.92 Å². The first-order chi connectivity index (χ1) is 13.6. The monoisotopic (exact) mass is 401 g/mol. The van der Waals surface area contributed by atoms with Crippen LogP contribution in [0.5, 0.6) is 17.4 Å². The van der Waals surface area contributed by atoms with Crippen molar-refractivity contribution in [1.29, 1.82) is 0 Å². The molecule has 0 aliphatic heterocycles. The maximum absolute atomic E-state index is 11.9. The zero-order valence-electron chi connectivity index (χ0n) is 18.0. The first-order valence-electron chi connectivity index (χ1n) is 9.62. The van der Waals surface area contributed by atoms with E-state index in [-0.39, 0.29) is 17.5 Å². The number of rotatable bonds is 6. The molecule has 0 saturated carbocycles. The molecule has 0 fully saturated rings. The minimum Gasteiger partial charge on any atom is -0.426 e. The van der Waals surface area contributed by atoms with E-state index in [2.05, 4.69) is 4.98 Å². The van der Waals surface area contributed by atoms with E-state index in [1.165, 1.54) is 20.8 Å². The van der Waals surface area contributed by atoms with Gasteiger partial charge in [-0.25, -0.2) is 4.98 Å². The number of nitrogens with zero attached hydrogens (tertiary/aromatic N) is 1. The third-order valence-electron chi connectivity index (χ3n) is 4.38. The molecule has 0 radical (unpaired) electrons. The second-order valence-corrected chi connectivity index (χ2v) is 7.22. The van der Waals surface area contributed by atoms with Gasteiger partial charge in [-0.3, -0.25) is 14.4 Å². The quantitative estimate of drug-likeness (QED) is 0.523. The zero-order valence-corrected chi connectivity index (χ0v) is 18.0. The Labute approximate surface area is 170 Å². The maximum atomic E-state index is 11.9. The van der Waals surface area contributed by atoms with Gasteiger partial charge in [0.1, 0.15) is 11.5 Å². The summed E-state index contributed by atoms with van der Waals surface area (Å²) in [6.45, 7) is 11.6. The van der Waals surface area contributed by atoms with Crippen molar-refractivity contribution < 1.29 is 28.6 Å².